The van der Waals surface area contributed by atoms with Crippen LogP contribution in [-0.2, 0) is 11.2 Å². The molecule has 0 heterocycles. The molecule has 0 unspecified atom stereocenters. The number of methoxy groups -OCH3 is 2. The molecule has 0 spiro atoms. The molecule has 146 valence electrons. The molecule has 0 aromatic heterocycles. The molecule has 4 nitrogen and oxygen atoms in total. The van der Waals surface area contributed by atoms with Gasteiger partial charge in [-0.05, 0) is 73.3 Å². The van der Waals surface area contributed by atoms with Crippen molar-refractivity contribution in [3.63, 3.8) is 0 Å². The summed E-state index contributed by atoms with van der Waals surface area (Å²) in [6.07, 6.45) is 7.96. The summed E-state index contributed by atoms with van der Waals surface area (Å²) in [5.41, 5.74) is 3.11. The van der Waals surface area contributed by atoms with Gasteiger partial charge in [0.1, 0.15) is 11.5 Å². The number of hydrogen-bond donors (Lipinski definition) is 0. The third kappa shape index (κ3) is 3.01. The molecule has 0 aliphatic heterocycles. The highest BCUT2D eigenvalue weighted by molar-refractivity contribution is 5.50. The van der Waals surface area contributed by atoms with Crippen molar-refractivity contribution in [3.8, 4) is 17.6 Å². The Morgan fingerprint density at radius 2 is 2.00 bits per heavy atom. The normalized spacial score (nSPS) is 34.1. The second-order valence-electron chi connectivity index (χ2n) is 8.71. The minimum Gasteiger partial charge on any atom is -0.497 e. The Morgan fingerprint density at radius 1 is 1.15 bits per heavy atom. The summed E-state index contributed by atoms with van der Waals surface area (Å²) in [4.78, 5) is 0. The van der Waals surface area contributed by atoms with Crippen LogP contribution >= 0.6 is 0 Å². The highest BCUT2D eigenvalue weighted by Crippen LogP contribution is 2.62. The molecule has 1 aromatic rings. The number of rotatable bonds is 5. The van der Waals surface area contributed by atoms with Crippen molar-refractivity contribution in [2.24, 2.45) is 17.3 Å². The van der Waals surface area contributed by atoms with E-state index < -0.39 is 0 Å². The first-order valence-corrected chi connectivity index (χ1v) is 10.4. The fourth-order valence-electron chi connectivity index (χ4n) is 6.41. The Labute approximate surface area is 162 Å². The van der Waals surface area contributed by atoms with E-state index in [0.29, 0.717) is 36.9 Å². The molecule has 2 saturated carbocycles. The zero-order valence-corrected chi connectivity index (χ0v) is 16.8. The van der Waals surface area contributed by atoms with Crippen molar-refractivity contribution >= 4 is 0 Å². The smallest absolute Gasteiger partial charge is 0.126 e. The molecule has 4 rings (SSSR count). The van der Waals surface area contributed by atoms with E-state index in [1.807, 2.05) is 0 Å². The lowest BCUT2D eigenvalue weighted by atomic mass is 9.55. The summed E-state index contributed by atoms with van der Waals surface area (Å²) >= 11 is 0. The van der Waals surface area contributed by atoms with Crippen LogP contribution in [0.25, 0.3) is 0 Å². The molecule has 0 N–H and O–H groups in total. The fourth-order valence-corrected chi connectivity index (χ4v) is 6.41. The van der Waals surface area contributed by atoms with Crippen LogP contribution in [0.3, 0.4) is 0 Å². The van der Waals surface area contributed by atoms with Gasteiger partial charge in [0, 0.05) is 11.6 Å². The monoisotopic (exact) mass is 369 g/mol. The summed E-state index contributed by atoms with van der Waals surface area (Å²) in [6, 6.07) is 6.47. The Kier molecular flexibility index (Phi) is 5.07. The summed E-state index contributed by atoms with van der Waals surface area (Å²) in [5.74, 6) is 3.91. The van der Waals surface area contributed by atoms with E-state index in [-0.39, 0.29) is 5.41 Å². The van der Waals surface area contributed by atoms with Crippen molar-refractivity contribution in [3.05, 3.63) is 23.3 Å². The van der Waals surface area contributed by atoms with Crippen molar-refractivity contribution in [1.82, 2.24) is 0 Å². The quantitative estimate of drug-likeness (QED) is 0.696. The van der Waals surface area contributed by atoms with Crippen molar-refractivity contribution < 1.29 is 14.2 Å². The lowest BCUT2D eigenvalue weighted by molar-refractivity contribution is -0.0625. The second kappa shape index (κ2) is 7.36. The van der Waals surface area contributed by atoms with E-state index in [0.717, 1.165) is 24.3 Å². The predicted molar refractivity (Wildman–Crippen MR) is 104 cm³/mol. The zero-order chi connectivity index (χ0) is 19.0. The Bertz CT molecular complexity index is 723. The summed E-state index contributed by atoms with van der Waals surface area (Å²) in [5, 5.41) is 8.82. The van der Waals surface area contributed by atoms with Crippen LogP contribution in [0.4, 0.5) is 0 Å². The zero-order valence-electron chi connectivity index (χ0n) is 16.8. The van der Waals surface area contributed by atoms with E-state index in [4.69, 9.17) is 19.5 Å². The molecule has 0 bridgehead atoms. The van der Waals surface area contributed by atoms with Gasteiger partial charge in [-0.25, -0.2) is 0 Å². The van der Waals surface area contributed by atoms with Crippen LogP contribution in [-0.4, -0.2) is 26.9 Å². The van der Waals surface area contributed by atoms with Crippen LogP contribution in [0.15, 0.2) is 12.1 Å². The number of hydrogen-bond acceptors (Lipinski definition) is 4. The first kappa shape index (κ1) is 18.6. The van der Waals surface area contributed by atoms with E-state index in [1.165, 1.54) is 36.8 Å². The maximum absolute atomic E-state index is 8.82. The van der Waals surface area contributed by atoms with Crippen molar-refractivity contribution in [2.75, 3.05) is 20.8 Å². The predicted octanol–water partition coefficient (Wildman–Crippen LogP) is 4.86. The molecule has 0 saturated heterocycles. The second-order valence-corrected chi connectivity index (χ2v) is 8.71. The molecule has 3 aliphatic carbocycles. The number of nitrogens with zero attached hydrogens (tertiary/aromatic N) is 1. The van der Waals surface area contributed by atoms with Gasteiger partial charge in [-0.1, -0.05) is 6.92 Å². The van der Waals surface area contributed by atoms with Crippen LogP contribution in [0.2, 0.25) is 0 Å². The van der Waals surface area contributed by atoms with Gasteiger partial charge in [0.15, 0.2) is 0 Å². The minimum absolute atomic E-state index is 0.258. The SMILES string of the molecule is COc1cc2c(c(OC)c1)[C@H]1CC[C@]3(C)[C@@H](OCCC#N)CC[C@H]3[C@@H]1CC2. The lowest BCUT2D eigenvalue weighted by Gasteiger charge is -2.50. The maximum Gasteiger partial charge on any atom is 0.126 e. The first-order valence-electron chi connectivity index (χ1n) is 10.4. The standard InChI is InChI=1S/C23H31NO3/c1-23-10-9-18-17(19(23)7-8-21(23)27-12-4-11-24)6-5-15-13-16(25-2)14-20(26-3)22(15)18/h13-14,17-19,21H,4-10,12H2,1-3H3/t17-,18+,19+,21+,23+/m1/s1. The van der Waals surface area contributed by atoms with Gasteiger partial charge in [0.25, 0.3) is 0 Å². The summed E-state index contributed by atoms with van der Waals surface area (Å²) in [7, 11) is 3.50. The Morgan fingerprint density at radius 3 is 2.74 bits per heavy atom. The maximum atomic E-state index is 8.82. The fraction of sp³-hybridized carbons (Fsp3) is 0.696. The van der Waals surface area contributed by atoms with E-state index >= 15 is 0 Å². The molecule has 2 fully saturated rings. The Hall–Kier alpha value is -1.73. The molecule has 3 aliphatic rings. The molecule has 1 aromatic carbocycles. The van der Waals surface area contributed by atoms with Crippen LogP contribution < -0.4 is 9.47 Å². The number of aryl methyl sites for hydroxylation is 1. The third-order valence-corrected chi connectivity index (χ3v) is 7.66. The molecule has 0 amide bonds. The number of benzene rings is 1. The third-order valence-electron chi connectivity index (χ3n) is 7.66. The van der Waals surface area contributed by atoms with E-state index in [9.17, 15) is 0 Å². The van der Waals surface area contributed by atoms with Gasteiger partial charge in [-0.3, -0.25) is 0 Å². The highest BCUT2D eigenvalue weighted by Gasteiger charge is 2.55. The number of fused-ring (bicyclic) bond motifs is 5. The van der Waals surface area contributed by atoms with Crippen LogP contribution in [0.5, 0.6) is 11.5 Å². The number of ether oxygens (including phenoxy) is 3. The van der Waals surface area contributed by atoms with Gasteiger partial charge in [-0.2, -0.15) is 5.26 Å². The highest BCUT2D eigenvalue weighted by atomic mass is 16.5. The minimum atomic E-state index is 0.258. The van der Waals surface area contributed by atoms with E-state index in [2.05, 4.69) is 25.1 Å². The van der Waals surface area contributed by atoms with Gasteiger partial charge >= 0.3 is 0 Å². The topological polar surface area (TPSA) is 51.5 Å². The van der Waals surface area contributed by atoms with Crippen molar-refractivity contribution in [1.29, 1.82) is 5.26 Å². The summed E-state index contributed by atoms with van der Waals surface area (Å²) < 4.78 is 17.5. The van der Waals surface area contributed by atoms with Gasteiger partial charge in [0.05, 0.1) is 39.4 Å². The first-order chi connectivity index (χ1) is 13.1. The molecule has 0 radical (unpaired) electrons. The molecule has 5 atom stereocenters. The molecule has 27 heavy (non-hydrogen) atoms. The largest absolute Gasteiger partial charge is 0.497 e. The average Bonchev–Trinajstić information content (AvgIpc) is 3.03. The van der Waals surface area contributed by atoms with Gasteiger partial charge in [0.2, 0.25) is 0 Å². The molecular formula is C23H31NO3. The lowest BCUT2D eigenvalue weighted by Crippen LogP contribution is -2.44. The van der Waals surface area contributed by atoms with Crippen LogP contribution in [0, 0.1) is 28.6 Å². The summed E-state index contributed by atoms with van der Waals surface area (Å²) in [6.45, 7) is 3.02. The van der Waals surface area contributed by atoms with Gasteiger partial charge < -0.3 is 14.2 Å². The van der Waals surface area contributed by atoms with Crippen molar-refractivity contribution in [2.45, 2.75) is 63.9 Å². The number of nitriles is 1. The van der Waals surface area contributed by atoms with E-state index in [1.54, 1.807) is 14.2 Å². The Balaban J connectivity index is 1.61. The molecular weight excluding hydrogens is 338 g/mol. The van der Waals surface area contributed by atoms with Crippen LogP contribution in [0.1, 0.15) is 62.5 Å². The van der Waals surface area contributed by atoms with Gasteiger partial charge in [-0.15, -0.1) is 0 Å². The average molecular weight is 370 g/mol. The molecule has 4 heteroatoms.